The van der Waals surface area contributed by atoms with E-state index < -0.39 is 15.6 Å². The van der Waals surface area contributed by atoms with Crippen molar-refractivity contribution in [1.29, 1.82) is 0 Å². The van der Waals surface area contributed by atoms with Gasteiger partial charge in [-0.3, -0.25) is 4.79 Å². The van der Waals surface area contributed by atoms with E-state index in [0.29, 0.717) is 10.8 Å². The number of hydrogen-bond donors (Lipinski definition) is 1. The summed E-state index contributed by atoms with van der Waals surface area (Å²) in [4.78, 5) is 11.4. The van der Waals surface area contributed by atoms with Gasteiger partial charge >= 0.3 is 5.97 Å². The molecule has 0 amide bonds. The second kappa shape index (κ2) is 7.28. The van der Waals surface area contributed by atoms with Crippen molar-refractivity contribution >= 4 is 50.5 Å². The van der Waals surface area contributed by atoms with Gasteiger partial charge in [-0.25, -0.2) is 13.1 Å². The molecule has 9 heteroatoms. The highest BCUT2D eigenvalue weighted by atomic mass is 35.5. The molecule has 0 aliphatic rings. The predicted octanol–water partition coefficient (Wildman–Crippen LogP) is 3.46. The van der Waals surface area contributed by atoms with Crippen molar-refractivity contribution in [2.45, 2.75) is 44.1 Å². The molecule has 0 unspecified atom stereocenters. The standard InChI is InChI=1S/C12H17Cl2NO4S2/c1-12(2,3)19-10(16)5-4-6-15-21(17,18)8-7-9(13)20-11(8)14/h7,15H,4-6H2,1-3H3. The van der Waals surface area contributed by atoms with Crippen LogP contribution in [-0.2, 0) is 19.6 Å². The molecule has 1 N–H and O–H groups in total. The van der Waals surface area contributed by atoms with Crippen LogP contribution in [0.25, 0.3) is 0 Å². The molecular formula is C12H17Cl2NO4S2. The lowest BCUT2D eigenvalue weighted by atomic mass is 10.2. The highest BCUT2D eigenvalue weighted by molar-refractivity contribution is 7.89. The molecule has 0 aliphatic heterocycles. The summed E-state index contributed by atoms with van der Waals surface area (Å²) in [6.07, 6.45) is 0.474. The lowest BCUT2D eigenvalue weighted by Gasteiger charge is -2.19. The lowest BCUT2D eigenvalue weighted by Crippen LogP contribution is -2.27. The van der Waals surface area contributed by atoms with Crippen LogP contribution in [0.4, 0.5) is 0 Å². The van der Waals surface area contributed by atoms with E-state index in [-0.39, 0.29) is 28.2 Å². The Labute approximate surface area is 138 Å². The van der Waals surface area contributed by atoms with Gasteiger partial charge in [0.25, 0.3) is 0 Å². The number of carbonyl (C=O) groups excluding carboxylic acids is 1. The van der Waals surface area contributed by atoms with Gasteiger partial charge in [0, 0.05) is 13.0 Å². The Morgan fingerprint density at radius 1 is 1.38 bits per heavy atom. The molecule has 0 fully saturated rings. The Morgan fingerprint density at radius 3 is 2.48 bits per heavy atom. The zero-order valence-electron chi connectivity index (χ0n) is 11.9. The number of sulfonamides is 1. The van der Waals surface area contributed by atoms with Crippen molar-refractivity contribution in [3.05, 3.63) is 14.7 Å². The minimum absolute atomic E-state index is 0.0450. The predicted molar refractivity (Wildman–Crippen MR) is 84.6 cm³/mol. The van der Waals surface area contributed by atoms with Crippen LogP contribution in [0.3, 0.4) is 0 Å². The van der Waals surface area contributed by atoms with E-state index in [1.807, 2.05) is 0 Å². The summed E-state index contributed by atoms with van der Waals surface area (Å²) in [6.45, 7) is 5.44. The van der Waals surface area contributed by atoms with Crippen LogP contribution in [0, 0.1) is 0 Å². The molecule has 0 spiro atoms. The molecule has 120 valence electrons. The van der Waals surface area contributed by atoms with Crippen LogP contribution < -0.4 is 4.72 Å². The molecule has 0 bridgehead atoms. The monoisotopic (exact) mass is 373 g/mol. The first-order valence-corrected chi connectivity index (χ1v) is 9.23. The maximum Gasteiger partial charge on any atom is 0.306 e. The fourth-order valence-corrected chi connectivity index (χ4v) is 4.64. The lowest BCUT2D eigenvalue weighted by molar-refractivity contribution is -0.154. The summed E-state index contributed by atoms with van der Waals surface area (Å²) in [7, 11) is -3.71. The minimum atomic E-state index is -3.71. The largest absolute Gasteiger partial charge is 0.460 e. The van der Waals surface area contributed by atoms with Crippen molar-refractivity contribution in [2.75, 3.05) is 6.54 Å². The van der Waals surface area contributed by atoms with Crippen LogP contribution in [0.15, 0.2) is 11.0 Å². The molecule has 0 saturated heterocycles. The third kappa shape index (κ3) is 6.52. The van der Waals surface area contributed by atoms with Gasteiger partial charge in [0.05, 0.1) is 4.34 Å². The van der Waals surface area contributed by atoms with Crippen LogP contribution >= 0.6 is 34.5 Å². The van der Waals surface area contributed by atoms with Gasteiger partial charge in [-0.15, -0.1) is 11.3 Å². The van der Waals surface area contributed by atoms with Gasteiger partial charge in [-0.2, -0.15) is 0 Å². The van der Waals surface area contributed by atoms with Gasteiger partial charge in [-0.05, 0) is 33.3 Å². The zero-order chi connectivity index (χ0) is 16.3. The molecule has 21 heavy (non-hydrogen) atoms. The Bertz CT molecular complexity index is 605. The third-order valence-corrected chi connectivity index (χ3v) is 5.40. The molecule has 0 radical (unpaired) electrons. The molecular weight excluding hydrogens is 357 g/mol. The van der Waals surface area contributed by atoms with E-state index >= 15 is 0 Å². The summed E-state index contributed by atoms with van der Waals surface area (Å²) < 4.78 is 31.9. The highest BCUT2D eigenvalue weighted by Crippen LogP contribution is 2.33. The molecule has 1 rings (SSSR count). The van der Waals surface area contributed by atoms with Crippen LogP contribution in [0.5, 0.6) is 0 Å². The second-order valence-electron chi connectivity index (χ2n) is 5.28. The normalized spacial score (nSPS) is 12.4. The van der Waals surface area contributed by atoms with Gasteiger partial charge in [-0.1, -0.05) is 23.2 Å². The quantitative estimate of drug-likeness (QED) is 0.612. The van der Waals surface area contributed by atoms with Crippen molar-refractivity contribution in [3.8, 4) is 0 Å². The Morgan fingerprint density at radius 2 is 2.00 bits per heavy atom. The SMILES string of the molecule is CC(C)(C)OC(=O)CCCNS(=O)(=O)c1cc(Cl)sc1Cl. The number of rotatable bonds is 6. The average molecular weight is 374 g/mol. The summed E-state index contributed by atoms with van der Waals surface area (Å²) in [5.74, 6) is -0.363. The number of halogens is 2. The van der Waals surface area contributed by atoms with E-state index in [4.69, 9.17) is 27.9 Å². The average Bonchev–Trinajstić information content (AvgIpc) is 2.62. The first-order chi connectivity index (χ1) is 9.51. The summed E-state index contributed by atoms with van der Waals surface area (Å²) in [5.41, 5.74) is -0.544. The minimum Gasteiger partial charge on any atom is -0.460 e. The van der Waals surface area contributed by atoms with Crippen LogP contribution in [0.2, 0.25) is 8.67 Å². The molecule has 5 nitrogen and oxygen atoms in total. The van der Waals surface area contributed by atoms with Crippen LogP contribution in [0.1, 0.15) is 33.6 Å². The Balaban J connectivity index is 2.45. The van der Waals surface area contributed by atoms with Crippen LogP contribution in [-0.4, -0.2) is 26.5 Å². The molecule has 0 atom stereocenters. The summed E-state index contributed by atoms with van der Waals surface area (Å²) in [6, 6.07) is 1.30. The third-order valence-electron chi connectivity index (χ3n) is 2.18. The molecule has 0 saturated carbocycles. The molecule has 1 aromatic heterocycles. The topological polar surface area (TPSA) is 72.5 Å². The number of esters is 1. The molecule has 0 aromatic carbocycles. The number of carbonyl (C=O) groups is 1. The van der Waals surface area contributed by atoms with Crippen molar-refractivity contribution in [2.24, 2.45) is 0 Å². The fourth-order valence-electron chi connectivity index (χ4n) is 1.42. The van der Waals surface area contributed by atoms with E-state index in [9.17, 15) is 13.2 Å². The number of hydrogen-bond acceptors (Lipinski definition) is 5. The number of ether oxygens (including phenoxy) is 1. The van der Waals surface area contributed by atoms with Gasteiger partial charge in [0.15, 0.2) is 0 Å². The molecule has 0 aliphatic carbocycles. The van der Waals surface area contributed by atoms with E-state index in [0.717, 1.165) is 11.3 Å². The van der Waals surface area contributed by atoms with E-state index in [1.165, 1.54) is 6.07 Å². The summed E-state index contributed by atoms with van der Waals surface area (Å²) in [5, 5.41) is 0. The smallest absolute Gasteiger partial charge is 0.306 e. The molecule has 1 aromatic rings. The molecule has 1 heterocycles. The maximum absolute atomic E-state index is 12.0. The van der Waals surface area contributed by atoms with Gasteiger partial charge < -0.3 is 4.74 Å². The number of thiophene rings is 1. The van der Waals surface area contributed by atoms with Gasteiger partial charge in [0.2, 0.25) is 10.0 Å². The van der Waals surface area contributed by atoms with Crippen molar-refractivity contribution < 1.29 is 17.9 Å². The zero-order valence-corrected chi connectivity index (χ0v) is 15.0. The van der Waals surface area contributed by atoms with Gasteiger partial charge in [0.1, 0.15) is 14.8 Å². The maximum atomic E-state index is 12.0. The highest BCUT2D eigenvalue weighted by Gasteiger charge is 2.21. The van der Waals surface area contributed by atoms with Crippen molar-refractivity contribution in [1.82, 2.24) is 4.72 Å². The fraction of sp³-hybridized carbons (Fsp3) is 0.583. The number of nitrogens with one attached hydrogen (secondary N) is 1. The summed E-state index contributed by atoms with van der Waals surface area (Å²) >= 11 is 12.5. The first kappa shape index (κ1) is 18.7. The Kier molecular flexibility index (Phi) is 6.49. The second-order valence-corrected chi connectivity index (χ2v) is 9.30. The van der Waals surface area contributed by atoms with Crippen molar-refractivity contribution in [3.63, 3.8) is 0 Å². The Hall–Kier alpha value is -0.340. The van der Waals surface area contributed by atoms with E-state index in [2.05, 4.69) is 4.72 Å². The first-order valence-electron chi connectivity index (χ1n) is 6.17. The van der Waals surface area contributed by atoms with E-state index in [1.54, 1.807) is 20.8 Å².